The minimum atomic E-state index is 0.00419. The SMILES string of the molecule is CC(C)C1(C)C=CC=C(Cl)C(Cl)=C1. The van der Waals surface area contributed by atoms with Crippen LogP contribution in [0.15, 0.2) is 34.4 Å². The molecular weight excluding hydrogens is 203 g/mol. The van der Waals surface area contributed by atoms with Gasteiger partial charge in [-0.25, -0.2) is 0 Å². The molecule has 1 aliphatic carbocycles. The standard InChI is InChI=1S/C11H14Cl2/c1-8(2)11(3)6-4-5-9(12)10(13)7-11/h4-8H,1-3H3. The molecule has 0 radical (unpaired) electrons. The molecule has 0 saturated heterocycles. The van der Waals surface area contributed by atoms with Gasteiger partial charge in [0.15, 0.2) is 0 Å². The van der Waals surface area contributed by atoms with E-state index < -0.39 is 0 Å². The molecule has 0 bridgehead atoms. The van der Waals surface area contributed by atoms with Crippen LogP contribution in [0.5, 0.6) is 0 Å². The summed E-state index contributed by atoms with van der Waals surface area (Å²) in [4.78, 5) is 0. The number of halogens is 2. The zero-order valence-corrected chi connectivity index (χ0v) is 9.65. The van der Waals surface area contributed by atoms with E-state index in [0.717, 1.165) is 0 Å². The molecule has 0 heterocycles. The van der Waals surface area contributed by atoms with Gasteiger partial charge in [-0.2, -0.15) is 0 Å². The zero-order valence-electron chi connectivity index (χ0n) is 8.14. The summed E-state index contributed by atoms with van der Waals surface area (Å²) in [5.74, 6) is 0.508. The Morgan fingerprint density at radius 1 is 1.23 bits per heavy atom. The first-order valence-corrected chi connectivity index (χ1v) is 5.15. The van der Waals surface area contributed by atoms with Crippen LogP contribution in [0, 0.1) is 11.3 Å². The van der Waals surface area contributed by atoms with Crippen LogP contribution in [-0.2, 0) is 0 Å². The third-order valence-corrected chi connectivity index (χ3v) is 3.35. The van der Waals surface area contributed by atoms with Gasteiger partial charge in [0.25, 0.3) is 0 Å². The van der Waals surface area contributed by atoms with Crippen molar-refractivity contribution in [3.63, 3.8) is 0 Å². The van der Waals surface area contributed by atoms with Crippen LogP contribution in [0.2, 0.25) is 0 Å². The number of hydrogen-bond donors (Lipinski definition) is 0. The maximum absolute atomic E-state index is 6.02. The molecule has 0 N–H and O–H groups in total. The second-order valence-corrected chi connectivity index (χ2v) is 4.70. The Labute approximate surface area is 89.9 Å². The van der Waals surface area contributed by atoms with Gasteiger partial charge in [0.1, 0.15) is 0 Å². The van der Waals surface area contributed by atoms with Crippen LogP contribution >= 0.6 is 23.2 Å². The molecule has 1 aliphatic rings. The second kappa shape index (κ2) is 3.89. The first-order chi connectivity index (χ1) is 5.96. The maximum atomic E-state index is 6.02. The fourth-order valence-corrected chi connectivity index (χ4v) is 1.59. The van der Waals surface area contributed by atoms with E-state index in [1.807, 2.05) is 18.2 Å². The van der Waals surface area contributed by atoms with Crippen molar-refractivity contribution in [1.29, 1.82) is 0 Å². The summed E-state index contributed by atoms with van der Waals surface area (Å²) in [7, 11) is 0. The highest BCUT2D eigenvalue weighted by molar-refractivity contribution is 6.44. The Morgan fingerprint density at radius 2 is 1.85 bits per heavy atom. The Morgan fingerprint density at radius 3 is 2.38 bits per heavy atom. The molecule has 0 aromatic carbocycles. The molecule has 0 nitrogen and oxygen atoms in total. The van der Waals surface area contributed by atoms with E-state index in [2.05, 4.69) is 26.8 Å². The van der Waals surface area contributed by atoms with Crippen molar-refractivity contribution in [3.8, 4) is 0 Å². The van der Waals surface area contributed by atoms with E-state index in [0.29, 0.717) is 16.0 Å². The zero-order chi connectivity index (χ0) is 10.1. The van der Waals surface area contributed by atoms with E-state index in [1.165, 1.54) is 0 Å². The molecule has 0 amide bonds. The molecule has 0 saturated carbocycles. The van der Waals surface area contributed by atoms with Crippen molar-refractivity contribution in [2.75, 3.05) is 0 Å². The van der Waals surface area contributed by atoms with Crippen LogP contribution < -0.4 is 0 Å². The molecule has 13 heavy (non-hydrogen) atoms. The highest BCUT2D eigenvalue weighted by Gasteiger charge is 2.24. The second-order valence-electron chi connectivity index (χ2n) is 3.89. The normalized spacial score (nSPS) is 28.5. The number of allylic oxidation sites excluding steroid dienone is 6. The third-order valence-electron chi connectivity index (χ3n) is 2.61. The summed E-state index contributed by atoms with van der Waals surface area (Å²) in [5, 5.41) is 1.25. The topological polar surface area (TPSA) is 0 Å². The summed E-state index contributed by atoms with van der Waals surface area (Å²) >= 11 is 11.9. The first kappa shape index (κ1) is 10.9. The summed E-state index contributed by atoms with van der Waals surface area (Å²) in [5.41, 5.74) is 0.00419. The minimum absolute atomic E-state index is 0.00419. The summed E-state index contributed by atoms with van der Waals surface area (Å²) in [6, 6.07) is 0. The first-order valence-electron chi connectivity index (χ1n) is 4.39. The minimum Gasteiger partial charge on any atom is -0.0830 e. The Balaban J connectivity index is 3.08. The fourth-order valence-electron chi connectivity index (χ4n) is 1.17. The summed E-state index contributed by atoms with van der Waals surface area (Å²) in [6.45, 7) is 6.49. The fraction of sp³-hybridized carbons (Fsp3) is 0.455. The van der Waals surface area contributed by atoms with Crippen LogP contribution in [0.1, 0.15) is 20.8 Å². The van der Waals surface area contributed by atoms with Crippen LogP contribution in [0.4, 0.5) is 0 Å². The van der Waals surface area contributed by atoms with Gasteiger partial charge in [-0.3, -0.25) is 0 Å². The van der Waals surface area contributed by atoms with Crippen molar-refractivity contribution >= 4 is 23.2 Å². The molecule has 0 aliphatic heterocycles. The van der Waals surface area contributed by atoms with Crippen molar-refractivity contribution in [2.24, 2.45) is 11.3 Å². The van der Waals surface area contributed by atoms with E-state index in [4.69, 9.17) is 23.2 Å². The monoisotopic (exact) mass is 216 g/mol. The van der Waals surface area contributed by atoms with Crippen molar-refractivity contribution < 1.29 is 0 Å². The molecule has 72 valence electrons. The lowest BCUT2D eigenvalue weighted by Crippen LogP contribution is -2.17. The number of rotatable bonds is 1. The van der Waals surface area contributed by atoms with Crippen molar-refractivity contribution in [2.45, 2.75) is 20.8 Å². The lowest BCUT2D eigenvalue weighted by Gasteiger charge is -2.26. The van der Waals surface area contributed by atoms with Crippen molar-refractivity contribution in [3.05, 3.63) is 34.4 Å². The van der Waals surface area contributed by atoms with Gasteiger partial charge in [-0.1, -0.05) is 62.2 Å². The smallest absolute Gasteiger partial charge is 0.0589 e. The molecule has 1 rings (SSSR count). The van der Waals surface area contributed by atoms with Crippen LogP contribution in [-0.4, -0.2) is 0 Å². The van der Waals surface area contributed by atoms with Gasteiger partial charge >= 0.3 is 0 Å². The van der Waals surface area contributed by atoms with E-state index in [9.17, 15) is 0 Å². The molecule has 1 atom stereocenters. The largest absolute Gasteiger partial charge is 0.0830 e. The average Bonchev–Trinajstić information content (AvgIpc) is 2.14. The van der Waals surface area contributed by atoms with Gasteiger partial charge in [-0.05, 0) is 12.0 Å². The molecule has 0 aromatic rings. The van der Waals surface area contributed by atoms with Gasteiger partial charge in [0.05, 0.1) is 10.1 Å². The highest BCUT2D eigenvalue weighted by atomic mass is 35.5. The molecule has 0 spiro atoms. The summed E-state index contributed by atoms with van der Waals surface area (Å²) in [6.07, 6.45) is 7.94. The lowest BCUT2D eigenvalue weighted by atomic mass is 9.79. The maximum Gasteiger partial charge on any atom is 0.0589 e. The highest BCUT2D eigenvalue weighted by Crippen LogP contribution is 2.36. The van der Waals surface area contributed by atoms with Gasteiger partial charge < -0.3 is 0 Å². The quantitative estimate of drug-likeness (QED) is 0.608. The third kappa shape index (κ3) is 2.38. The Kier molecular flexibility index (Phi) is 3.26. The molecule has 1 unspecified atom stereocenters. The summed E-state index contributed by atoms with van der Waals surface area (Å²) < 4.78 is 0. The van der Waals surface area contributed by atoms with E-state index >= 15 is 0 Å². The Bertz CT molecular complexity index is 284. The molecule has 2 heteroatoms. The van der Waals surface area contributed by atoms with Gasteiger partial charge in [0.2, 0.25) is 0 Å². The van der Waals surface area contributed by atoms with Gasteiger partial charge in [-0.15, -0.1) is 0 Å². The molecule has 0 aromatic heterocycles. The van der Waals surface area contributed by atoms with E-state index in [-0.39, 0.29) is 5.41 Å². The lowest BCUT2D eigenvalue weighted by molar-refractivity contribution is 0.383. The molecule has 0 fully saturated rings. The predicted octanol–water partition coefficient (Wildman–Crippen LogP) is 4.46. The number of hydrogen-bond acceptors (Lipinski definition) is 0. The van der Waals surface area contributed by atoms with Crippen molar-refractivity contribution in [1.82, 2.24) is 0 Å². The Hall–Kier alpha value is -0.200. The predicted molar refractivity (Wildman–Crippen MR) is 60.0 cm³/mol. The van der Waals surface area contributed by atoms with Crippen LogP contribution in [0.25, 0.3) is 0 Å². The molecular formula is C11H14Cl2. The average molecular weight is 217 g/mol. The van der Waals surface area contributed by atoms with E-state index in [1.54, 1.807) is 0 Å². The van der Waals surface area contributed by atoms with Gasteiger partial charge in [0, 0.05) is 5.41 Å². The van der Waals surface area contributed by atoms with Crippen LogP contribution in [0.3, 0.4) is 0 Å².